The summed E-state index contributed by atoms with van der Waals surface area (Å²) < 4.78 is 0. The molecular weight excluding hydrogens is 158 g/mol. The number of nitrogens with one attached hydrogen (secondary N) is 1. The Labute approximate surface area is 70.3 Å². The van der Waals surface area contributed by atoms with Crippen molar-refractivity contribution in [3.05, 3.63) is 0 Å². The van der Waals surface area contributed by atoms with Crippen LogP contribution in [0.3, 0.4) is 0 Å². The molecule has 1 aliphatic rings. The third kappa shape index (κ3) is 1.13. The molecular formula is C8H11NO3. The smallest absolute Gasteiger partial charge is 0.221 e. The van der Waals surface area contributed by atoms with Crippen LogP contribution in [0, 0.1) is 0 Å². The first-order valence-electron chi connectivity index (χ1n) is 3.82. The molecule has 1 N–H and O–H groups in total. The predicted octanol–water partition coefficient (Wildman–Crippen LogP) is -0.187. The van der Waals surface area contributed by atoms with E-state index in [1.54, 1.807) is 0 Å². The van der Waals surface area contributed by atoms with Crippen molar-refractivity contribution in [1.82, 2.24) is 5.32 Å². The standard InChI is InChI=1S/C8H11NO3/c1-5(10)8(6(2)11)4-3-7(12)9-8/h3-4H2,1-2H3,(H,9,12). The van der Waals surface area contributed by atoms with Crippen LogP contribution in [0.25, 0.3) is 0 Å². The Morgan fingerprint density at radius 2 is 1.83 bits per heavy atom. The Morgan fingerprint density at radius 1 is 1.33 bits per heavy atom. The average molecular weight is 169 g/mol. The highest BCUT2D eigenvalue weighted by Crippen LogP contribution is 2.22. The van der Waals surface area contributed by atoms with E-state index in [0.717, 1.165) is 0 Å². The van der Waals surface area contributed by atoms with E-state index >= 15 is 0 Å². The number of hydrogen-bond donors (Lipinski definition) is 1. The largest absolute Gasteiger partial charge is 0.337 e. The van der Waals surface area contributed by atoms with E-state index in [1.165, 1.54) is 13.8 Å². The van der Waals surface area contributed by atoms with Gasteiger partial charge in [-0.1, -0.05) is 0 Å². The second-order valence-electron chi connectivity index (χ2n) is 3.07. The van der Waals surface area contributed by atoms with E-state index in [1.807, 2.05) is 0 Å². The van der Waals surface area contributed by atoms with Crippen molar-refractivity contribution < 1.29 is 14.4 Å². The van der Waals surface area contributed by atoms with Crippen molar-refractivity contribution in [3.63, 3.8) is 0 Å². The first-order chi connectivity index (χ1) is 5.49. The van der Waals surface area contributed by atoms with Crippen LogP contribution < -0.4 is 5.32 Å². The maximum atomic E-state index is 11.1. The van der Waals surface area contributed by atoms with Gasteiger partial charge in [0.25, 0.3) is 0 Å². The molecule has 12 heavy (non-hydrogen) atoms. The molecule has 0 aromatic heterocycles. The summed E-state index contributed by atoms with van der Waals surface area (Å²) >= 11 is 0. The molecule has 0 saturated carbocycles. The van der Waals surface area contributed by atoms with Gasteiger partial charge in [0.15, 0.2) is 17.1 Å². The molecule has 0 aliphatic carbocycles. The third-order valence-electron chi connectivity index (χ3n) is 2.28. The molecule has 1 saturated heterocycles. The highest BCUT2D eigenvalue weighted by Gasteiger charge is 2.45. The number of carbonyl (C=O) groups excluding carboxylic acids is 3. The first-order valence-corrected chi connectivity index (χ1v) is 3.82. The normalized spacial score (nSPS) is 20.3. The SMILES string of the molecule is CC(=O)C1(C(C)=O)CCC(=O)N1. The minimum atomic E-state index is -1.21. The van der Waals surface area contributed by atoms with Crippen LogP contribution in [0.5, 0.6) is 0 Å². The molecule has 1 aliphatic heterocycles. The fourth-order valence-corrected chi connectivity index (χ4v) is 1.44. The Morgan fingerprint density at radius 3 is 2.00 bits per heavy atom. The zero-order chi connectivity index (χ0) is 9.35. The molecule has 1 fully saturated rings. The Bertz CT molecular complexity index is 243. The van der Waals surface area contributed by atoms with Crippen LogP contribution >= 0.6 is 0 Å². The van der Waals surface area contributed by atoms with Gasteiger partial charge in [0, 0.05) is 6.42 Å². The summed E-state index contributed by atoms with van der Waals surface area (Å²) in [6, 6.07) is 0. The Balaban J connectivity index is 2.97. The van der Waals surface area contributed by atoms with Gasteiger partial charge in [0.1, 0.15) is 0 Å². The molecule has 1 rings (SSSR count). The molecule has 0 spiro atoms. The van der Waals surface area contributed by atoms with E-state index in [-0.39, 0.29) is 23.9 Å². The first kappa shape index (κ1) is 8.90. The van der Waals surface area contributed by atoms with Gasteiger partial charge in [0.2, 0.25) is 5.91 Å². The lowest BCUT2D eigenvalue weighted by Crippen LogP contribution is -2.53. The summed E-state index contributed by atoms with van der Waals surface area (Å²) in [6.07, 6.45) is 0.565. The van der Waals surface area contributed by atoms with Crippen molar-refractivity contribution in [2.45, 2.75) is 32.2 Å². The van der Waals surface area contributed by atoms with E-state index < -0.39 is 5.54 Å². The second-order valence-corrected chi connectivity index (χ2v) is 3.07. The predicted molar refractivity (Wildman–Crippen MR) is 41.5 cm³/mol. The van der Waals surface area contributed by atoms with Gasteiger partial charge < -0.3 is 5.32 Å². The number of Topliss-reactive ketones (excluding diaryl/α,β-unsaturated/α-hetero) is 2. The number of amides is 1. The topological polar surface area (TPSA) is 63.2 Å². The molecule has 0 aromatic rings. The van der Waals surface area contributed by atoms with Crippen molar-refractivity contribution >= 4 is 17.5 Å². The third-order valence-corrected chi connectivity index (χ3v) is 2.28. The lowest BCUT2D eigenvalue weighted by Gasteiger charge is -2.21. The molecule has 0 atom stereocenters. The summed E-state index contributed by atoms with van der Waals surface area (Å²) in [5, 5.41) is 2.43. The summed E-state index contributed by atoms with van der Waals surface area (Å²) in [4.78, 5) is 33.1. The van der Waals surface area contributed by atoms with Gasteiger partial charge in [0.05, 0.1) is 0 Å². The highest BCUT2D eigenvalue weighted by molar-refractivity contribution is 6.13. The summed E-state index contributed by atoms with van der Waals surface area (Å²) in [5.74, 6) is -0.776. The van der Waals surface area contributed by atoms with Crippen LogP contribution in [0.1, 0.15) is 26.7 Å². The zero-order valence-corrected chi connectivity index (χ0v) is 7.14. The average Bonchev–Trinajstić information content (AvgIpc) is 2.32. The fraction of sp³-hybridized carbons (Fsp3) is 0.625. The van der Waals surface area contributed by atoms with Crippen LogP contribution in [0.2, 0.25) is 0 Å². The quantitative estimate of drug-likeness (QED) is 0.583. The Hall–Kier alpha value is -1.19. The van der Waals surface area contributed by atoms with E-state index in [0.29, 0.717) is 6.42 Å². The maximum absolute atomic E-state index is 11.1. The number of rotatable bonds is 2. The van der Waals surface area contributed by atoms with E-state index in [2.05, 4.69) is 5.32 Å². The molecule has 0 aromatic carbocycles. The molecule has 4 nitrogen and oxygen atoms in total. The highest BCUT2D eigenvalue weighted by atomic mass is 16.2. The van der Waals surface area contributed by atoms with Crippen LogP contribution in [0.4, 0.5) is 0 Å². The lowest BCUT2D eigenvalue weighted by atomic mass is 9.89. The minimum absolute atomic E-state index is 0.222. The summed E-state index contributed by atoms with van der Waals surface area (Å²) in [7, 11) is 0. The number of carbonyl (C=O) groups is 3. The monoisotopic (exact) mass is 169 g/mol. The summed E-state index contributed by atoms with van der Waals surface area (Å²) in [5.41, 5.74) is -1.21. The van der Waals surface area contributed by atoms with Gasteiger partial charge in [-0.25, -0.2) is 0 Å². The molecule has 1 heterocycles. The van der Waals surface area contributed by atoms with E-state index in [9.17, 15) is 14.4 Å². The lowest BCUT2D eigenvalue weighted by molar-refractivity contribution is -0.135. The Kier molecular flexibility index (Phi) is 2.00. The van der Waals surface area contributed by atoms with Crippen molar-refractivity contribution in [1.29, 1.82) is 0 Å². The molecule has 0 unspecified atom stereocenters. The fourth-order valence-electron chi connectivity index (χ4n) is 1.44. The van der Waals surface area contributed by atoms with Crippen molar-refractivity contribution in [2.75, 3.05) is 0 Å². The second kappa shape index (κ2) is 2.69. The van der Waals surface area contributed by atoms with Crippen LogP contribution in [0.15, 0.2) is 0 Å². The van der Waals surface area contributed by atoms with Gasteiger partial charge in [-0.15, -0.1) is 0 Å². The van der Waals surface area contributed by atoms with Gasteiger partial charge in [-0.2, -0.15) is 0 Å². The molecule has 0 radical (unpaired) electrons. The summed E-state index contributed by atoms with van der Waals surface area (Å²) in [6.45, 7) is 2.65. The number of hydrogen-bond acceptors (Lipinski definition) is 3. The van der Waals surface area contributed by atoms with Crippen molar-refractivity contribution in [2.24, 2.45) is 0 Å². The molecule has 0 bridgehead atoms. The zero-order valence-electron chi connectivity index (χ0n) is 7.14. The minimum Gasteiger partial charge on any atom is -0.337 e. The number of ketones is 2. The van der Waals surface area contributed by atoms with Crippen molar-refractivity contribution in [3.8, 4) is 0 Å². The van der Waals surface area contributed by atoms with Gasteiger partial charge in [-0.05, 0) is 20.3 Å². The van der Waals surface area contributed by atoms with E-state index in [4.69, 9.17) is 0 Å². The van der Waals surface area contributed by atoms with Crippen LogP contribution in [-0.4, -0.2) is 23.0 Å². The van der Waals surface area contributed by atoms with Crippen LogP contribution in [-0.2, 0) is 14.4 Å². The van der Waals surface area contributed by atoms with Gasteiger partial charge >= 0.3 is 0 Å². The molecule has 66 valence electrons. The molecule has 4 heteroatoms. The maximum Gasteiger partial charge on any atom is 0.221 e. The van der Waals surface area contributed by atoms with Gasteiger partial charge in [-0.3, -0.25) is 14.4 Å². The molecule has 1 amide bonds.